The van der Waals surface area contributed by atoms with Crippen LogP contribution in [0.5, 0.6) is 11.5 Å². The first-order valence-corrected chi connectivity index (χ1v) is 6.36. The maximum Gasteiger partial charge on any atom is 0.159 e. The summed E-state index contributed by atoms with van der Waals surface area (Å²) in [5.41, 5.74) is 1.57. The minimum absolute atomic E-state index is 0.0471. The van der Waals surface area contributed by atoms with Gasteiger partial charge in [0.25, 0.3) is 0 Å². The Hall–Kier alpha value is -2.68. The summed E-state index contributed by atoms with van der Waals surface area (Å²) < 4.78 is 5.88. The van der Waals surface area contributed by atoms with Gasteiger partial charge in [-0.05, 0) is 49.4 Å². The van der Waals surface area contributed by atoms with E-state index in [1.54, 1.807) is 37.4 Å². The number of aromatic nitrogens is 1. The highest BCUT2D eigenvalue weighted by atomic mass is 16.5. The Morgan fingerprint density at radius 2 is 1.75 bits per heavy atom. The molecule has 0 spiro atoms. The van der Waals surface area contributed by atoms with Gasteiger partial charge >= 0.3 is 0 Å². The van der Waals surface area contributed by atoms with E-state index in [0.29, 0.717) is 11.3 Å². The van der Waals surface area contributed by atoms with Crippen molar-refractivity contribution in [3.05, 3.63) is 66.4 Å². The molecule has 0 saturated heterocycles. The Morgan fingerprint density at radius 1 is 1.00 bits per heavy atom. The molecule has 0 amide bonds. The first-order valence-electron chi connectivity index (χ1n) is 6.36. The standard InChI is InChI=1S/C17H13NO2/c1-12(19)13-6-8-14(9-7-13)20-17-10-11-18-16-5-3-2-4-15(16)17/h2-11H,1H3. The van der Waals surface area contributed by atoms with E-state index in [1.165, 1.54) is 0 Å². The van der Waals surface area contributed by atoms with E-state index in [-0.39, 0.29) is 5.78 Å². The Kier molecular flexibility index (Phi) is 3.17. The number of rotatable bonds is 3. The molecule has 2 aromatic carbocycles. The monoisotopic (exact) mass is 263 g/mol. The Morgan fingerprint density at radius 3 is 2.50 bits per heavy atom. The van der Waals surface area contributed by atoms with Crippen molar-refractivity contribution in [1.29, 1.82) is 0 Å². The normalized spacial score (nSPS) is 10.4. The number of ketones is 1. The molecule has 20 heavy (non-hydrogen) atoms. The first kappa shape index (κ1) is 12.4. The van der Waals surface area contributed by atoms with Crippen molar-refractivity contribution >= 4 is 16.7 Å². The molecule has 1 aromatic heterocycles. The van der Waals surface area contributed by atoms with E-state index in [0.717, 1.165) is 16.7 Å². The van der Waals surface area contributed by atoms with Gasteiger partial charge in [0, 0.05) is 17.1 Å². The molecule has 0 saturated carbocycles. The average molecular weight is 263 g/mol. The van der Waals surface area contributed by atoms with Gasteiger partial charge in [-0.3, -0.25) is 9.78 Å². The lowest BCUT2D eigenvalue weighted by Crippen LogP contribution is -1.92. The van der Waals surface area contributed by atoms with Crippen LogP contribution in [-0.4, -0.2) is 10.8 Å². The third kappa shape index (κ3) is 2.38. The SMILES string of the molecule is CC(=O)c1ccc(Oc2ccnc3ccccc23)cc1. The highest BCUT2D eigenvalue weighted by Gasteiger charge is 2.04. The second-order valence-electron chi connectivity index (χ2n) is 4.51. The van der Waals surface area contributed by atoms with Crippen LogP contribution in [0.2, 0.25) is 0 Å². The van der Waals surface area contributed by atoms with E-state index in [2.05, 4.69) is 4.98 Å². The Labute approximate surface area is 116 Å². The maximum atomic E-state index is 11.2. The zero-order valence-electron chi connectivity index (χ0n) is 11.0. The van der Waals surface area contributed by atoms with Crippen molar-refractivity contribution in [3.8, 4) is 11.5 Å². The van der Waals surface area contributed by atoms with Gasteiger partial charge < -0.3 is 4.74 Å². The van der Waals surface area contributed by atoms with Crippen LogP contribution in [0, 0.1) is 0 Å². The van der Waals surface area contributed by atoms with Crippen LogP contribution in [0.1, 0.15) is 17.3 Å². The van der Waals surface area contributed by atoms with E-state index in [9.17, 15) is 4.79 Å². The molecular weight excluding hydrogens is 250 g/mol. The molecule has 0 bridgehead atoms. The Bertz CT molecular complexity index is 758. The zero-order valence-corrected chi connectivity index (χ0v) is 11.0. The molecule has 0 fully saturated rings. The van der Waals surface area contributed by atoms with Gasteiger partial charge in [0.15, 0.2) is 5.78 Å². The summed E-state index contributed by atoms with van der Waals surface area (Å²) in [6, 6.07) is 16.8. The fraction of sp³-hybridized carbons (Fsp3) is 0.0588. The summed E-state index contributed by atoms with van der Waals surface area (Å²) in [6.45, 7) is 1.55. The minimum atomic E-state index is 0.0471. The van der Waals surface area contributed by atoms with Crippen LogP contribution in [-0.2, 0) is 0 Å². The molecule has 1 heterocycles. The number of benzene rings is 2. The molecule has 3 rings (SSSR count). The summed E-state index contributed by atoms with van der Waals surface area (Å²) >= 11 is 0. The van der Waals surface area contributed by atoms with E-state index >= 15 is 0 Å². The molecule has 0 N–H and O–H groups in total. The van der Waals surface area contributed by atoms with E-state index in [4.69, 9.17) is 4.74 Å². The quantitative estimate of drug-likeness (QED) is 0.664. The van der Waals surface area contributed by atoms with E-state index < -0.39 is 0 Å². The van der Waals surface area contributed by atoms with Gasteiger partial charge in [-0.25, -0.2) is 0 Å². The van der Waals surface area contributed by atoms with Gasteiger partial charge in [-0.1, -0.05) is 12.1 Å². The second kappa shape index (κ2) is 5.13. The molecule has 0 aliphatic carbocycles. The lowest BCUT2D eigenvalue weighted by Gasteiger charge is -2.08. The fourth-order valence-corrected chi connectivity index (χ4v) is 2.04. The number of pyridine rings is 1. The summed E-state index contributed by atoms with van der Waals surface area (Å²) in [7, 11) is 0. The lowest BCUT2D eigenvalue weighted by atomic mass is 10.1. The molecule has 98 valence electrons. The molecule has 3 heteroatoms. The highest BCUT2D eigenvalue weighted by Crippen LogP contribution is 2.28. The molecule has 3 nitrogen and oxygen atoms in total. The number of nitrogens with zero attached hydrogens (tertiary/aromatic N) is 1. The van der Waals surface area contributed by atoms with Gasteiger partial charge in [0.2, 0.25) is 0 Å². The maximum absolute atomic E-state index is 11.2. The second-order valence-corrected chi connectivity index (χ2v) is 4.51. The summed E-state index contributed by atoms with van der Waals surface area (Å²) in [5.74, 6) is 1.50. The predicted octanol–water partition coefficient (Wildman–Crippen LogP) is 4.23. The van der Waals surface area contributed by atoms with Crippen molar-refractivity contribution in [2.75, 3.05) is 0 Å². The van der Waals surface area contributed by atoms with Crippen LogP contribution in [0.3, 0.4) is 0 Å². The topological polar surface area (TPSA) is 39.2 Å². The summed E-state index contributed by atoms with van der Waals surface area (Å²) in [5, 5.41) is 0.964. The average Bonchev–Trinajstić information content (AvgIpc) is 2.48. The molecule has 0 radical (unpaired) electrons. The van der Waals surface area contributed by atoms with Crippen LogP contribution >= 0.6 is 0 Å². The number of para-hydroxylation sites is 1. The molecule has 0 unspecified atom stereocenters. The van der Waals surface area contributed by atoms with Crippen LogP contribution < -0.4 is 4.74 Å². The molecular formula is C17H13NO2. The fourth-order valence-electron chi connectivity index (χ4n) is 2.04. The van der Waals surface area contributed by atoms with Crippen LogP contribution in [0.4, 0.5) is 0 Å². The zero-order chi connectivity index (χ0) is 13.9. The largest absolute Gasteiger partial charge is 0.457 e. The Balaban J connectivity index is 1.95. The van der Waals surface area contributed by atoms with Crippen molar-refractivity contribution < 1.29 is 9.53 Å². The number of Topliss-reactive ketones (excluding diaryl/α,β-unsaturated/α-hetero) is 1. The molecule has 0 atom stereocenters. The number of hydrogen-bond donors (Lipinski definition) is 0. The van der Waals surface area contributed by atoms with Crippen molar-refractivity contribution in [1.82, 2.24) is 4.98 Å². The smallest absolute Gasteiger partial charge is 0.159 e. The third-order valence-electron chi connectivity index (χ3n) is 3.10. The first-order chi connectivity index (χ1) is 9.74. The number of carbonyl (C=O) groups excluding carboxylic acids is 1. The van der Waals surface area contributed by atoms with Crippen LogP contribution in [0.15, 0.2) is 60.8 Å². The number of hydrogen-bond acceptors (Lipinski definition) is 3. The number of fused-ring (bicyclic) bond motifs is 1. The van der Waals surface area contributed by atoms with Gasteiger partial charge in [-0.15, -0.1) is 0 Å². The van der Waals surface area contributed by atoms with E-state index in [1.807, 2.05) is 30.3 Å². The van der Waals surface area contributed by atoms with Crippen LogP contribution in [0.25, 0.3) is 10.9 Å². The van der Waals surface area contributed by atoms with Gasteiger partial charge in [0.1, 0.15) is 11.5 Å². The minimum Gasteiger partial charge on any atom is -0.457 e. The van der Waals surface area contributed by atoms with Crippen molar-refractivity contribution in [3.63, 3.8) is 0 Å². The van der Waals surface area contributed by atoms with Gasteiger partial charge in [0.05, 0.1) is 5.52 Å². The third-order valence-corrected chi connectivity index (χ3v) is 3.10. The predicted molar refractivity (Wildman–Crippen MR) is 78.3 cm³/mol. The molecule has 0 aliphatic heterocycles. The van der Waals surface area contributed by atoms with Crippen molar-refractivity contribution in [2.24, 2.45) is 0 Å². The number of carbonyl (C=O) groups is 1. The number of ether oxygens (including phenoxy) is 1. The lowest BCUT2D eigenvalue weighted by molar-refractivity contribution is 0.101. The highest BCUT2D eigenvalue weighted by molar-refractivity contribution is 5.94. The molecule has 0 aliphatic rings. The summed E-state index contributed by atoms with van der Waals surface area (Å²) in [6.07, 6.45) is 1.72. The summed E-state index contributed by atoms with van der Waals surface area (Å²) in [4.78, 5) is 15.5. The van der Waals surface area contributed by atoms with Gasteiger partial charge in [-0.2, -0.15) is 0 Å². The molecule has 3 aromatic rings. The van der Waals surface area contributed by atoms with Crippen molar-refractivity contribution in [2.45, 2.75) is 6.92 Å².